The standard InChI is InChI=1S/C21H28F2N2O5/c1-20(2,3)30-19(27)24-7-5-14-11-16-17(12-15(14)6-8-24)29-10-9-25(16)18(26)21(22,23)13-28-4/h11-12H,5-10,13H2,1-4H3. The van der Waals surface area contributed by atoms with E-state index in [2.05, 4.69) is 4.74 Å². The predicted octanol–water partition coefficient (Wildman–Crippen LogP) is 3.03. The summed E-state index contributed by atoms with van der Waals surface area (Å²) in [6.45, 7) is 5.55. The van der Waals surface area contributed by atoms with E-state index in [-0.39, 0.29) is 19.2 Å². The van der Waals surface area contributed by atoms with Crippen LogP contribution in [0, 0.1) is 0 Å². The monoisotopic (exact) mass is 426 g/mol. The number of ether oxygens (including phenoxy) is 3. The average molecular weight is 426 g/mol. The van der Waals surface area contributed by atoms with Crippen molar-refractivity contribution in [3.05, 3.63) is 23.3 Å². The molecule has 0 saturated heterocycles. The van der Waals surface area contributed by atoms with Crippen LogP contribution in [0.25, 0.3) is 0 Å². The Balaban J connectivity index is 1.83. The van der Waals surface area contributed by atoms with E-state index >= 15 is 0 Å². The van der Waals surface area contributed by atoms with Gasteiger partial charge in [-0.3, -0.25) is 4.79 Å². The zero-order valence-corrected chi connectivity index (χ0v) is 17.8. The maximum absolute atomic E-state index is 14.2. The summed E-state index contributed by atoms with van der Waals surface area (Å²) in [7, 11) is 1.13. The van der Waals surface area contributed by atoms with Gasteiger partial charge in [0.15, 0.2) is 0 Å². The number of methoxy groups -OCH3 is 1. The van der Waals surface area contributed by atoms with E-state index in [0.29, 0.717) is 37.4 Å². The highest BCUT2D eigenvalue weighted by molar-refractivity contribution is 6.00. The van der Waals surface area contributed by atoms with Gasteiger partial charge in [-0.1, -0.05) is 0 Å². The van der Waals surface area contributed by atoms with Gasteiger partial charge in [-0.25, -0.2) is 4.79 Å². The second-order valence-electron chi connectivity index (χ2n) is 8.50. The molecule has 0 saturated carbocycles. The van der Waals surface area contributed by atoms with Gasteiger partial charge >= 0.3 is 12.0 Å². The Morgan fingerprint density at radius 1 is 1.10 bits per heavy atom. The van der Waals surface area contributed by atoms with Gasteiger partial charge in [0.2, 0.25) is 0 Å². The first kappa shape index (κ1) is 22.3. The lowest BCUT2D eigenvalue weighted by Gasteiger charge is -2.32. The largest absolute Gasteiger partial charge is 0.490 e. The highest BCUT2D eigenvalue weighted by atomic mass is 19.3. The molecule has 1 aromatic carbocycles. The van der Waals surface area contributed by atoms with Crippen LogP contribution >= 0.6 is 0 Å². The van der Waals surface area contributed by atoms with Crippen molar-refractivity contribution in [1.82, 2.24) is 4.90 Å². The molecular formula is C21H28F2N2O5. The van der Waals surface area contributed by atoms with Crippen molar-refractivity contribution in [1.29, 1.82) is 0 Å². The molecule has 7 nitrogen and oxygen atoms in total. The number of rotatable bonds is 3. The summed E-state index contributed by atoms with van der Waals surface area (Å²) in [5, 5.41) is 0. The maximum Gasteiger partial charge on any atom is 0.410 e. The highest BCUT2D eigenvalue weighted by Gasteiger charge is 2.44. The lowest BCUT2D eigenvalue weighted by atomic mass is 10.00. The fraction of sp³-hybridized carbons (Fsp3) is 0.619. The van der Waals surface area contributed by atoms with Gasteiger partial charge in [-0.05, 0) is 56.9 Å². The first-order valence-electron chi connectivity index (χ1n) is 9.97. The van der Waals surface area contributed by atoms with Gasteiger partial charge < -0.3 is 24.0 Å². The van der Waals surface area contributed by atoms with Crippen molar-refractivity contribution >= 4 is 17.7 Å². The summed E-state index contributed by atoms with van der Waals surface area (Å²) in [4.78, 5) is 27.6. The van der Waals surface area contributed by atoms with Crippen molar-refractivity contribution < 1.29 is 32.6 Å². The number of fused-ring (bicyclic) bond motifs is 2. The SMILES string of the molecule is COCC(F)(F)C(=O)N1CCOc2cc3c(cc21)CCN(C(=O)OC(C)(C)C)CC3. The zero-order chi connectivity index (χ0) is 22.1. The summed E-state index contributed by atoms with van der Waals surface area (Å²) in [5.74, 6) is -4.53. The van der Waals surface area contributed by atoms with Crippen LogP contribution in [0.4, 0.5) is 19.3 Å². The molecule has 9 heteroatoms. The molecule has 0 aromatic heterocycles. The lowest BCUT2D eigenvalue weighted by molar-refractivity contribution is -0.150. The highest BCUT2D eigenvalue weighted by Crippen LogP contribution is 2.37. The van der Waals surface area contributed by atoms with Crippen molar-refractivity contribution in [3.8, 4) is 5.75 Å². The molecule has 0 spiro atoms. The summed E-state index contributed by atoms with van der Waals surface area (Å²) in [5.41, 5.74) is 1.61. The fourth-order valence-electron chi connectivity index (χ4n) is 3.60. The van der Waals surface area contributed by atoms with Gasteiger partial charge in [0.05, 0.1) is 12.2 Å². The minimum atomic E-state index is -3.62. The fourth-order valence-corrected chi connectivity index (χ4v) is 3.60. The summed E-state index contributed by atoms with van der Waals surface area (Å²) in [6, 6.07) is 3.51. The zero-order valence-electron chi connectivity index (χ0n) is 17.8. The smallest absolute Gasteiger partial charge is 0.410 e. The number of hydrogen-bond acceptors (Lipinski definition) is 5. The first-order valence-corrected chi connectivity index (χ1v) is 9.97. The molecule has 0 unspecified atom stereocenters. The van der Waals surface area contributed by atoms with Crippen molar-refractivity contribution in [2.75, 3.05) is 44.9 Å². The van der Waals surface area contributed by atoms with Crippen molar-refractivity contribution in [2.24, 2.45) is 0 Å². The Morgan fingerprint density at radius 2 is 1.73 bits per heavy atom. The number of nitrogens with zero attached hydrogens (tertiary/aromatic N) is 2. The Bertz CT molecular complexity index is 822. The van der Waals surface area contributed by atoms with Gasteiger partial charge in [-0.2, -0.15) is 8.78 Å². The molecule has 166 valence electrons. The van der Waals surface area contributed by atoms with E-state index < -0.39 is 24.0 Å². The van der Waals surface area contributed by atoms with E-state index in [0.717, 1.165) is 23.1 Å². The Morgan fingerprint density at radius 3 is 2.33 bits per heavy atom. The van der Waals surface area contributed by atoms with Crippen LogP contribution in [0.15, 0.2) is 12.1 Å². The van der Waals surface area contributed by atoms with Gasteiger partial charge in [-0.15, -0.1) is 0 Å². The molecule has 0 atom stereocenters. The summed E-state index contributed by atoms with van der Waals surface area (Å²) < 4.78 is 43.9. The number of amides is 2. The van der Waals surface area contributed by atoms with Crippen LogP contribution in [0.1, 0.15) is 31.9 Å². The normalized spacial score (nSPS) is 16.9. The third kappa shape index (κ3) is 4.83. The minimum absolute atomic E-state index is 0.0357. The minimum Gasteiger partial charge on any atom is -0.490 e. The van der Waals surface area contributed by atoms with Crippen LogP contribution in [0.5, 0.6) is 5.75 Å². The van der Waals surface area contributed by atoms with E-state index in [9.17, 15) is 18.4 Å². The first-order chi connectivity index (χ1) is 14.0. The van der Waals surface area contributed by atoms with Crippen LogP contribution < -0.4 is 9.64 Å². The van der Waals surface area contributed by atoms with Crippen molar-refractivity contribution in [2.45, 2.75) is 45.1 Å². The third-order valence-electron chi connectivity index (χ3n) is 4.98. The topological polar surface area (TPSA) is 68.3 Å². The molecule has 0 aliphatic carbocycles. The maximum atomic E-state index is 14.2. The van der Waals surface area contributed by atoms with Crippen LogP contribution in [0.3, 0.4) is 0 Å². The number of hydrogen-bond donors (Lipinski definition) is 0. The third-order valence-corrected chi connectivity index (χ3v) is 4.98. The molecule has 2 aliphatic rings. The number of anilines is 1. The average Bonchev–Trinajstić information content (AvgIpc) is 2.86. The second-order valence-corrected chi connectivity index (χ2v) is 8.50. The number of halogens is 2. The molecule has 1 aromatic rings. The van der Waals surface area contributed by atoms with Crippen LogP contribution in [-0.2, 0) is 27.1 Å². The molecular weight excluding hydrogens is 398 g/mol. The lowest BCUT2D eigenvalue weighted by Crippen LogP contribution is -2.49. The summed E-state index contributed by atoms with van der Waals surface area (Å²) in [6.07, 6.45) is 0.726. The van der Waals surface area contributed by atoms with Gasteiger partial charge in [0.25, 0.3) is 5.91 Å². The molecule has 0 radical (unpaired) electrons. The Labute approximate surface area is 174 Å². The van der Waals surface area contributed by atoms with Crippen LogP contribution in [0.2, 0.25) is 0 Å². The number of carbonyl (C=O) groups is 2. The molecule has 30 heavy (non-hydrogen) atoms. The molecule has 0 bridgehead atoms. The van der Waals surface area contributed by atoms with Gasteiger partial charge in [0, 0.05) is 20.2 Å². The van der Waals surface area contributed by atoms with Gasteiger partial charge in [0.1, 0.15) is 24.6 Å². The second kappa shape index (κ2) is 8.37. The molecule has 3 rings (SSSR count). The molecule has 2 heterocycles. The van der Waals surface area contributed by atoms with Crippen LogP contribution in [-0.4, -0.2) is 68.4 Å². The number of carbonyl (C=O) groups excluding carboxylic acids is 2. The number of benzene rings is 1. The molecule has 0 N–H and O–H groups in total. The van der Waals surface area contributed by atoms with E-state index in [4.69, 9.17) is 9.47 Å². The molecule has 0 fully saturated rings. The van der Waals surface area contributed by atoms with Crippen molar-refractivity contribution in [3.63, 3.8) is 0 Å². The number of alkyl halides is 2. The Kier molecular flexibility index (Phi) is 6.21. The van der Waals surface area contributed by atoms with E-state index in [1.807, 2.05) is 20.8 Å². The molecule has 2 aliphatic heterocycles. The summed E-state index contributed by atoms with van der Waals surface area (Å²) >= 11 is 0. The molecule has 2 amide bonds. The van der Waals surface area contributed by atoms with E-state index in [1.165, 1.54) is 0 Å². The van der Waals surface area contributed by atoms with E-state index in [1.54, 1.807) is 17.0 Å². The quantitative estimate of drug-likeness (QED) is 0.743. The Hall–Kier alpha value is -2.42. The predicted molar refractivity (Wildman–Crippen MR) is 106 cm³/mol.